The van der Waals surface area contributed by atoms with Gasteiger partial charge >= 0.3 is 0 Å². The first kappa shape index (κ1) is 16.8. The van der Waals surface area contributed by atoms with Crippen LogP contribution in [-0.2, 0) is 9.59 Å². The van der Waals surface area contributed by atoms with Crippen molar-refractivity contribution in [2.75, 3.05) is 39.3 Å². The quantitative estimate of drug-likeness (QED) is 0.432. The highest BCUT2D eigenvalue weighted by atomic mass is 19.1. The van der Waals surface area contributed by atoms with Gasteiger partial charge in [-0.05, 0) is 12.1 Å². The average Bonchev–Trinajstić information content (AvgIpc) is 3.43. The Kier molecular flexibility index (Phi) is 4.05. The smallest absolute Gasteiger partial charge is 0.227 e. The molecule has 5 rings (SSSR count). The molecule has 4 aliphatic rings. The lowest BCUT2D eigenvalue weighted by atomic mass is 9.96. The van der Waals surface area contributed by atoms with E-state index in [0.29, 0.717) is 17.1 Å². The molecular formula is C18H16BF2N3O2. The zero-order chi connectivity index (χ0) is 18.4. The largest absolute Gasteiger partial charge is 0.365 e. The summed E-state index contributed by atoms with van der Waals surface area (Å²) >= 11 is 0. The van der Waals surface area contributed by atoms with E-state index in [1.165, 1.54) is 6.08 Å². The second-order valence-electron chi connectivity index (χ2n) is 6.58. The summed E-state index contributed by atoms with van der Waals surface area (Å²) in [5, 5.41) is 0. The van der Waals surface area contributed by atoms with Crippen LogP contribution in [0.3, 0.4) is 0 Å². The second-order valence-corrected chi connectivity index (χ2v) is 6.58. The molecule has 8 heteroatoms. The van der Waals surface area contributed by atoms with E-state index in [1.54, 1.807) is 0 Å². The summed E-state index contributed by atoms with van der Waals surface area (Å²) in [4.78, 5) is 30.5. The maximum absolute atomic E-state index is 12.4. The zero-order valence-corrected chi connectivity index (χ0v) is 14.0. The van der Waals surface area contributed by atoms with Gasteiger partial charge in [-0.3, -0.25) is 9.59 Å². The lowest BCUT2D eigenvalue weighted by Gasteiger charge is -2.21. The highest BCUT2D eigenvalue weighted by Gasteiger charge is 2.43. The summed E-state index contributed by atoms with van der Waals surface area (Å²) in [6.07, 6.45) is 1.52. The van der Waals surface area contributed by atoms with Crippen LogP contribution in [0.2, 0.25) is 0 Å². The van der Waals surface area contributed by atoms with Crippen LogP contribution in [0, 0.1) is 11.6 Å². The topological polar surface area (TPSA) is 43.2 Å². The van der Waals surface area contributed by atoms with E-state index in [1.807, 2.05) is 14.7 Å². The number of carbonyl (C=O) groups is 2. The normalized spacial score (nSPS) is 20.7. The van der Waals surface area contributed by atoms with Crippen molar-refractivity contribution in [1.29, 1.82) is 0 Å². The van der Waals surface area contributed by atoms with Gasteiger partial charge in [0.1, 0.15) is 30.9 Å². The van der Waals surface area contributed by atoms with Gasteiger partial charge in [-0.1, -0.05) is 5.46 Å². The van der Waals surface area contributed by atoms with Crippen LogP contribution in [0.5, 0.6) is 0 Å². The Morgan fingerprint density at radius 3 is 1.73 bits per heavy atom. The number of ketones is 2. The SMILES string of the molecule is O=C1C=C(N2CC2)C(=O)C(N2CC2)=C1N1CC1.[B]c1cc(F)cc(F)c1. The molecule has 0 atom stereocenters. The number of hydrogen-bond acceptors (Lipinski definition) is 5. The molecular weight excluding hydrogens is 339 g/mol. The molecule has 0 bridgehead atoms. The van der Waals surface area contributed by atoms with Gasteiger partial charge in [-0.15, -0.1) is 0 Å². The number of benzene rings is 1. The van der Waals surface area contributed by atoms with Crippen LogP contribution >= 0.6 is 0 Å². The van der Waals surface area contributed by atoms with Crippen LogP contribution in [0.4, 0.5) is 8.78 Å². The molecule has 0 unspecified atom stereocenters. The third kappa shape index (κ3) is 3.49. The lowest BCUT2D eigenvalue weighted by molar-refractivity contribution is -0.117. The van der Waals surface area contributed by atoms with Crippen molar-refractivity contribution in [1.82, 2.24) is 14.7 Å². The number of hydrogen-bond donors (Lipinski definition) is 0. The summed E-state index contributed by atoms with van der Waals surface area (Å²) < 4.78 is 24.2. The molecule has 0 amide bonds. The monoisotopic (exact) mass is 355 g/mol. The Labute approximate surface area is 150 Å². The second kappa shape index (κ2) is 6.27. The number of halogens is 2. The maximum Gasteiger partial charge on any atom is 0.227 e. The molecule has 26 heavy (non-hydrogen) atoms. The van der Waals surface area contributed by atoms with Crippen LogP contribution in [0.1, 0.15) is 0 Å². The van der Waals surface area contributed by atoms with Crippen molar-refractivity contribution in [2.24, 2.45) is 0 Å². The molecule has 3 aliphatic heterocycles. The standard InChI is InChI=1S/C12H13N3O2.C6H3BF2/c16-9-7-8(13-1-2-13)12(17)11(15-5-6-15)10(9)14-3-4-14;7-4-1-5(8)3-6(9)2-4/h7H,1-6H2;1-3H. The molecule has 0 spiro atoms. The first-order chi connectivity index (χ1) is 12.4. The van der Waals surface area contributed by atoms with E-state index >= 15 is 0 Å². The number of carbonyl (C=O) groups excluding carboxylic acids is 2. The van der Waals surface area contributed by atoms with Gasteiger partial charge in [-0.25, -0.2) is 8.78 Å². The fourth-order valence-corrected chi connectivity index (χ4v) is 2.85. The third-order valence-corrected chi connectivity index (χ3v) is 4.37. The number of nitrogens with zero attached hydrogens (tertiary/aromatic N) is 3. The van der Waals surface area contributed by atoms with Gasteiger partial charge in [0.15, 0.2) is 0 Å². The highest BCUT2D eigenvalue weighted by molar-refractivity contribution is 6.32. The molecule has 3 saturated heterocycles. The van der Waals surface area contributed by atoms with Crippen molar-refractivity contribution in [3.05, 3.63) is 53.0 Å². The van der Waals surface area contributed by atoms with Gasteiger partial charge in [-0.2, -0.15) is 0 Å². The molecule has 0 saturated carbocycles. The summed E-state index contributed by atoms with van der Waals surface area (Å²) in [6, 6.07) is 2.89. The van der Waals surface area contributed by atoms with Gasteiger partial charge in [0.2, 0.25) is 11.6 Å². The molecule has 1 aromatic carbocycles. The van der Waals surface area contributed by atoms with E-state index in [9.17, 15) is 18.4 Å². The summed E-state index contributed by atoms with van der Waals surface area (Å²) in [5.41, 5.74) is 1.99. The predicted octanol–water partition coefficient (Wildman–Crippen LogP) is -0.0609. The average molecular weight is 355 g/mol. The molecule has 1 aliphatic carbocycles. The minimum absolute atomic E-state index is 0.00546. The fourth-order valence-electron chi connectivity index (χ4n) is 2.85. The van der Waals surface area contributed by atoms with E-state index in [4.69, 9.17) is 7.85 Å². The van der Waals surface area contributed by atoms with Crippen LogP contribution in [0.25, 0.3) is 0 Å². The lowest BCUT2D eigenvalue weighted by Crippen LogP contribution is -2.29. The van der Waals surface area contributed by atoms with E-state index in [0.717, 1.165) is 57.5 Å². The van der Waals surface area contributed by atoms with Crippen molar-refractivity contribution in [2.45, 2.75) is 0 Å². The van der Waals surface area contributed by atoms with Crippen LogP contribution in [0.15, 0.2) is 41.4 Å². The molecule has 3 heterocycles. The van der Waals surface area contributed by atoms with Crippen LogP contribution < -0.4 is 5.46 Å². The minimum atomic E-state index is -0.646. The molecule has 132 valence electrons. The van der Waals surface area contributed by atoms with Crippen molar-refractivity contribution < 1.29 is 18.4 Å². The van der Waals surface area contributed by atoms with E-state index < -0.39 is 11.6 Å². The predicted molar refractivity (Wildman–Crippen MR) is 91.6 cm³/mol. The molecule has 3 fully saturated rings. The van der Waals surface area contributed by atoms with Crippen molar-refractivity contribution >= 4 is 24.9 Å². The Hall–Kier alpha value is -2.64. The third-order valence-electron chi connectivity index (χ3n) is 4.37. The number of allylic oxidation sites excluding steroid dienone is 1. The Morgan fingerprint density at radius 1 is 0.769 bits per heavy atom. The number of Topliss-reactive ketones (excluding diaryl/α,β-unsaturated/α-hetero) is 1. The summed E-state index contributed by atoms with van der Waals surface area (Å²) in [5.74, 6) is -1.24. The van der Waals surface area contributed by atoms with Crippen molar-refractivity contribution in [3.8, 4) is 0 Å². The van der Waals surface area contributed by atoms with Crippen LogP contribution in [-0.4, -0.2) is 73.4 Å². The molecule has 0 aromatic heterocycles. The fraction of sp³-hybridized carbons (Fsp3) is 0.333. The van der Waals surface area contributed by atoms with Gasteiger partial charge in [0, 0.05) is 51.4 Å². The Morgan fingerprint density at radius 2 is 1.27 bits per heavy atom. The first-order valence-corrected chi connectivity index (χ1v) is 8.45. The maximum atomic E-state index is 12.4. The van der Waals surface area contributed by atoms with E-state index in [2.05, 4.69) is 0 Å². The highest BCUT2D eigenvalue weighted by Crippen LogP contribution is 2.33. The number of rotatable bonds is 3. The van der Waals surface area contributed by atoms with Gasteiger partial charge < -0.3 is 14.7 Å². The summed E-state index contributed by atoms with van der Waals surface area (Å²) in [7, 11) is 5.08. The first-order valence-electron chi connectivity index (χ1n) is 8.45. The molecule has 0 N–H and O–H groups in total. The van der Waals surface area contributed by atoms with E-state index in [-0.39, 0.29) is 17.0 Å². The van der Waals surface area contributed by atoms with Gasteiger partial charge in [0.05, 0.1) is 5.70 Å². The zero-order valence-electron chi connectivity index (χ0n) is 14.0. The summed E-state index contributed by atoms with van der Waals surface area (Å²) in [6.45, 7) is 5.41. The molecule has 1 aromatic rings. The Balaban J connectivity index is 0.000000160. The van der Waals surface area contributed by atoms with Crippen molar-refractivity contribution in [3.63, 3.8) is 0 Å². The molecule has 2 radical (unpaired) electrons. The molecule has 5 nitrogen and oxygen atoms in total. The minimum Gasteiger partial charge on any atom is -0.365 e. The van der Waals surface area contributed by atoms with Gasteiger partial charge in [0.25, 0.3) is 0 Å². The Bertz CT molecular complexity index is 806.